The van der Waals surface area contributed by atoms with E-state index < -0.39 is 0 Å². The van der Waals surface area contributed by atoms with E-state index in [0.717, 1.165) is 29.0 Å². The highest BCUT2D eigenvalue weighted by Gasteiger charge is 2.49. The number of ketones is 1. The normalized spacial score (nSPS) is 17.9. The standard InChI is InChI=1S/C12H13ClO/c1-8-3-4-10(11(13)7-8)12(5-6-12)9(2)14/h3-4,7H,5-6H2,1-2H3. The van der Waals surface area contributed by atoms with Crippen LogP contribution in [-0.4, -0.2) is 5.78 Å². The van der Waals surface area contributed by atoms with Gasteiger partial charge < -0.3 is 0 Å². The molecule has 1 fully saturated rings. The monoisotopic (exact) mass is 208 g/mol. The molecule has 0 aliphatic heterocycles. The van der Waals surface area contributed by atoms with Gasteiger partial charge >= 0.3 is 0 Å². The van der Waals surface area contributed by atoms with Crippen LogP contribution in [-0.2, 0) is 10.2 Å². The SMILES string of the molecule is CC(=O)C1(c2ccc(C)cc2Cl)CC1. The molecule has 0 heterocycles. The van der Waals surface area contributed by atoms with Crippen molar-refractivity contribution in [3.63, 3.8) is 0 Å². The Bertz CT molecular complexity index is 391. The maximum absolute atomic E-state index is 11.5. The molecule has 1 aliphatic rings. The highest BCUT2D eigenvalue weighted by Crippen LogP contribution is 2.51. The van der Waals surface area contributed by atoms with E-state index in [4.69, 9.17) is 11.6 Å². The molecular formula is C12H13ClO. The summed E-state index contributed by atoms with van der Waals surface area (Å²) in [6.45, 7) is 3.66. The highest BCUT2D eigenvalue weighted by atomic mass is 35.5. The fourth-order valence-corrected chi connectivity index (χ4v) is 2.36. The van der Waals surface area contributed by atoms with Gasteiger partial charge in [0.1, 0.15) is 5.78 Å². The van der Waals surface area contributed by atoms with E-state index in [9.17, 15) is 4.79 Å². The van der Waals surface area contributed by atoms with Crippen LogP contribution in [0.2, 0.25) is 5.02 Å². The Labute approximate surface area is 89.1 Å². The minimum atomic E-state index is -0.245. The van der Waals surface area contributed by atoms with E-state index >= 15 is 0 Å². The summed E-state index contributed by atoms with van der Waals surface area (Å²) in [6.07, 6.45) is 1.90. The van der Waals surface area contributed by atoms with Gasteiger partial charge in [-0.05, 0) is 43.9 Å². The van der Waals surface area contributed by atoms with Crippen molar-refractivity contribution < 1.29 is 4.79 Å². The molecule has 2 heteroatoms. The van der Waals surface area contributed by atoms with Crippen LogP contribution in [0, 0.1) is 6.92 Å². The minimum Gasteiger partial charge on any atom is -0.299 e. The van der Waals surface area contributed by atoms with Crippen molar-refractivity contribution in [1.29, 1.82) is 0 Å². The van der Waals surface area contributed by atoms with Gasteiger partial charge in [0, 0.05) is 5.02 Å². The van der Waals surface area contributed by atoms with Gasteiger partial charge in [-0.2, -0.15) is 0 Å². The van der Waals surface area contributed by atoms with Crippen LogP contribution in [0.5, 0.6) is 0 Å². The smallest absolute Gasteiger partial charge is 0.140 e. The second-order valence-corrected chi connectivity index (χ2v) is 4.53. The van der Waals surface area contributed by atoms with Gasteiger partial charge in [0.05, 0.1) is 5.41 Å². The summed E-state index contributed by atoms with van der Waals surface area (Å²) in [5.41, 5.74) is 1.90. The lowest BCUT2D eigenvalue weighted by molar-refractivity contribution is -0.119. The lowest BCUT2D eigenvalue weighted by Gasteiger charge is -2.13. The first-order chi connectivity index (χ1) is 6.56. The third-order valence-electron chi connectivity index (χ3n) is 3.06. The number of carbonyl (C=O) groups excluding carboxylic acids is 1. The molecule has 0 aromatic heterocycles. The molecule has 1 aromatic carbocycles. The molecule has 0 bridgehead atoms. The molecule has 1 aromatic rings. The number of rotatable bonds is 2. The predicted octanol–water partition coefficient (Wildman–Crippen LogP) is 3.27. The van der Waals surface area contributed by atoms with E-state index in [2.05, 4.69) is 0 Å². The lowest BCUT2D eigenvalue weighted by Crippen LogP contribution is -2.17. The summed E-state index contributed by atoms with van der Waals surface area (Å²) < 4.78 is 0. The topological polar surface area (TPSA) is 17.1 Å². The minimum absolute atomic E-state index is 0.239. The van der Waals surface area contributed by atoms with Crippen molar-refractivity contribution in [2.45, 2.75) is 32.1 Å². The van der Waals surface area contributed by atoms with Gasteiger partial charge in [-0.1, -0.05) is 23.7 Å². The zero-order valence-electron chi connectivity index (χ0n) is 8.43. The van der Waals surface area contributed by atoms with Gasteiger partial charge in [-0.15, -0.1) is 0 Å². The first kappa shape index (κ1) is 9.72. The Morgan fingerprint density at radius 2 is 2.07 bits per heavy atom. The number of benzene rings is 1. The quantitative estimate of drug-likeness (QED) is 0.729. The second-order valence-electron chi connectivity index (χ2n) is 4.12. The first-order valence-corrected chi connectivity index (χ1v) is 5.22. The Hall–Kier alpha value is -0.820. The van der Waals surface area contributed by atoms with Gasteiger partial charge in [0.2, 0.25) is 0 Å². The number of halogens is 1. The number of hydrogen-bond donors (Lipinski definition) is 0. The van der Waals surface area contributed by atoms with Gasteiger partial charge in [0.25, 0.3) is 0 Å². The fraction of sp³-hybridized carbons (Fsp3) is 0.417. The molecule has 1 saturated carbocycles. The highest BCUT2D eigenvalue weighted by molar-refractivity contribution is 6.32. The van der Waals surface area contributed by atoms with E-state index in [1.54, 1.807) is 6.92 Å². The summed E-state index contributed by atoms with van der Waals surface area (Å²) in [5.74, 6) is 0.239. The molecule has 0 N–H and O–H groups in total. The van der Waals surface area contributed by atoms with Crippen LogP contribution in [0.3, 0.4) is 0 Å². The molecule has 2 rings (SSSR count). The molecule has 1 nitrogen and oxygen atoms in total. The molecule has 14 heavy (non-hydrogen) atoms. The van der Waals surface area contributed by atoms with E-state index in [1.165, 1.54) is 0 Å². The third kappa shape index (κ3) is 1.36. The number of carbonyl (C=O) groups is 1. The van der Waals surface area contributed by atoms with Crippen LogP contribution in [0.15, 0.2) is 18.2 Å². The average Bonchev–Trinajstić information content (AvgIpc) is 2.84. The summed E-state index contributed by atoms with van der Waals surface area (Å²) >= 11 is 6.15. The van der Waals surface area contributed by atoms with Gasteiger partial charge in [-0.3, -0.25) is 4.79 Å². The van der Waals surface area contributed by atoms with Crippen molar-refractivity contribution in [3.05, 3.63) is 34.3 Å². The molecule has 0 spiro atoms. The Morgan fingerprint density at radius 3 is 2.50 bits per heavy atom. The molecule has 0 amide bonds. The zero-order chi connectivity index (χ0) is 10.3. The summed E-state index contributed by atoms with van der Waals surface area (Å²) in [4.78, 5) is 11.5. The molecule has 0 radical (unpaired) electrons. The zero-order valence-corrected chi connectivity index (χ0v) is 9.19. The molecular weight excluding hydrogens is 196 g/mol. The Kier molecular flexibility index (Phi) is 2.15. The molecule has 0 saturated heterocycles. The van der Waals surface area contributed by atoms with Crippen LogP contribution < -0.4 is 0 Å². The molecule has 74 valence electrons. The number of aryl methyl sites for hydroxylation is 1. The number of hydrogen-bond acceptors (Lipinski definition) is 1. The van der Waals surface area contributed by atoms with E-state index in [1.807, 2.05) is 25.1 Å². The predicted molar refractivity (Wildman–Crippen MR) is 57.8 cm³/mol. The van der Waals surface area contributed by atoms with Crippen LogP contribution in [0.25, 0.3) is 0 Å². The van der Waals surface area contributed by atoms with Crippen molar-refractivity contribution in [3.8, 4) is 0 Å². The average molecular weight is 209 g/mol. The number of Topliss-reactive ketones (excluding diaryl/α,β-unsaturated/α-hetero) is 1. The molecule has 0 unspecified atom stereocenters. The Morgan fingerprint density at radius 1 is 1.43 bits per heavy atom. The first-order valence-electron chi connectivity index (χ1n) is 4.84. The summed E-state index contributed by atoms with van der Waals surface area (Å²) in [6, 6.07) is 5.94. The maximum atomic E-state index is 11.5. The van der Waals surface area contributed by atoms with E-state index in [0.29, 0.717) is 0 Å². The largest absolute Gasteiger partial charge is 0.299 e. The van der Waals surface area contributed by atoms with Crippen molar-refractivity contribution >= 4 is 17.4 Å². The Balaban J connectivity index is 2.47. The summed E-state index contributed by atoms with van der Waals surface area (Å²) in [5, 5.41) is 0.734. The van der Waals surface area contributed by atoms with Gasteiger partial charge in [0.15, 0.2) is 0 Å². The second kappa shape index (κ2) is 3.09. The van der Waals surface area contributed by atoms with Crippen molar-refractivity contribution in [2.24, 2.45) is 0 Å². The van der Waals surface area contributed by atoms with Crippen molar-refractivity contribution in [2.75, 3.05) is 0 Å². The summed E-state index contributed by atoms with van der Waals surface area (Å²) in [7, 11) is 0. The van der Waals surface area contributed by atoms with Crippen molar-refractivity contribution in [1.82, 2.24) is 0 Å². The third-order valence-corrected chi connectivity index (χ3v) is 3.38. The van der Waals surface area contributed by atoms with Gasteiger partial charge in [-0.25, -0.2) is 0 Å². The fourth-order valence-electron chi connectivity index (χ4n) is 1.94. The van der Waals surface area contributed by atoms with Crippen LogP contribution >= 0.6 is 11.6 Å². The maximum Gasteiger partial charge on any atom is 0.140 e. The lowest BCUT2D eigenvalue weighted by atomic mass is 9.91. The van der Waals surface area contributed by atoms with Crippen LogP contribution in [0.1, 0.15) is 30.9 Å². The molecule has 0 atom stereocenters. The van der Waals surface area contributed by atoms with Crippen LogP contribution in [0.4, 0.5) is 0 Å². The van der Waals surface area contributed by atoms with E-state index in [-0.39, 0.29) is 11.2 Å². The molecule has 1 aliphatic carbocycles.